The van der Waals surface area contributed by atoms with Gasteiger partial charge in [0, 0.05) is 18.0 Å². The number of nitrogens with one attached hydrogen (secondary N) is 2. The summed E-state index contributed by atoms with van der Waals surface area (Å²) >= 11 is 1.75. The highest BCUT2D eigenvalue weighted by molar-refractivity contribution is 7.99. The molecule has 104 valence electrons. The minimum absolute atomic E-state index is 0.0734. The number of urea groups is 1. The molecule has 0 aliphatic rings. The first-order valence-corrected chi connectivity index (χ1v) is 7.05. The maximum absolute atomic E-state index is 11.4. The van der Waals surface area contributed by atoms with Gasteiger partial charge < -0.3 is 15.7 Å². The van der Waals surface area contributed by atoms with Crippen molar-refractivity contribution in [3.8, 4) is 0 Å². The van der Waals surface area contributed by atoms with Crippen molar-refractivity contribution < 1.29 is 14.7 Å². The molecule has 2 amide bonds. The lowest BCUT2D eigenvalue weighted by Gasteiger charge is -2.07. The fraction of sp³-hybridized carbons (Fsp3) is 0.385. The Kier molecular flexibility index (Phi) is 6.81. The van der Waals surface area contributed by atoms with E-state index in [1.54, 1.807) is 11.8 Å². The summed E-state index contributed by atoms with van der Waals surface area (Å²) in [6, 6.07) is 7.61. The highest BCUT2D eigenvalue weighted by Crippen LogP contribution is 2.18. The lowest BCUT2D eigenvalue weighted by atomic mass is 10.2. The van der Waals surface area contributed by atoms with Crippen molar-refractivity contribution in [1.82, 2.24) is 10.6 Å². The zero-order chi connectivity index (χ0) is 14.1. The predicted octanol–water partition coefficient (Wildman–Crippen LogP) is 2.07. The summed E-state index contributed by atoms with van der Waals surface area (Å²) in [5, 5.41) is 13.6. The summed E-state index contributed by atoms with van der Waals surface area (Å²) in [6.45, 7) is 2.65. The molecule has 0 saturated carbocycles. The second kappa shape index (κ2) is 8.42. The number of hydrogen-bond donors (Lipinski definition) is 3. The van der Waals surface area contributed by atoms with Crippen LogP contribution in [0.4, 0.5) is 4.79 Å². The van der Waals surface area contributed by atoms with Gasteiger partial charge in [0.05, 0.1) is 6.42 Å². The number of carboxylic acid groups (broad SMARTS) is 1. The Morgan fingerprint density at radius 3 is 2.79 bits per heavy atom. The van der Waals surface area contributed by atoms with Crippen LogP contribution in [-0.4, -0.2) is 29.4 Å². The molecule has 0 atom stereocenters. The predicted molar refractivity (Wildman–Crippen MR) is 75.3 cm³/mol. The Labute approximate surface area is 116 Å². The van der Waals surface area contributed by atoms with Crippen LogP contribution in [-0.2, 0) is 11.3 Å². The van der Waals surface area contributed by atoms with Gasteiger partial charge in [-0.3, -0.25) is 4.79 Å². The molecular formula is C13H18N2O3S. The first-order valence-electron chi connectivity index (χ1n) is 6.07. The SMILES string of the molecule is CCSc1cccc(CNC(=O)NCCC(=O)O)c1. The molecule has 0 bridgehead atoms. The van der Waals surface area contributed by atoms with Gasteiger partial charge in [0.25, 0.3) is 0 Å². The zero-order valence-corrected chi connectivity index (χ0v) is 11.6. The van der Waals surface area contributed by atoms with Crippen molar-refractivity contribution in [3.63, 3.8) is 0 Å². The number of rotatable bonds is 7. The molecule has 0 heterocycles. The van der Waals surface area contributed by atoms with Gasteiger partial charge in [0.15, 0.2) is 0 Å². The van der Waals surface area contributed by atoms with Crippen LogP contribution in [0.1, 0.15) is 18.9 Å². The molecule has 0 fully saturated rings. The molecule has 1 aromatic carbocycles. The summed E-state index contributed by atoms with van der Waals surface area (Å²) in [6.07, 6.45) is -0.0734. The summed E-state index contributed by atoms with van der Waals surface area (Å²) in [4.78, 5) is 22.8. The second-order valence-corrected chi connectivity index (χ2v) is 5.17. The van der Waals surface area contributed by atoms with E-state index < -0.39 is 5.97 Å². The minimum Gasteiger partial charge on any atom is -0.481 e. The topological polar surface area (TPSA) is 78.4 Å². The zero-order valence-electron chi connectivity index (χ0n) is 10.8. The summed E-state index contributed by atoms with van der Waals surface area (Å²) in [5.74, 6) is 0.0802. The highest BCUT2D eigenvalue weighted by Gasteiger charge is 2.02. The smallest absolute Gasteiger partial charge is 0.315 e. The van der Waals surface area contributed by atoms with E-state index in [0.29, 0.717) is 6.54 Å². The molecule has 19 heavy (non-hydrogen) atoms. The van der Waals surface area contributed by atoms with E-state index in [4.69, 9.17) is 5.11 Å². The fourth-order valence-corrected chi connectivity index (χ4v) is 2.18. The van der Waals surface area contributed by atoms with Crippen LogP contribution in [0.5, 0.6) is 0 Å². The standard InChI is InChI=1S/C13H18N2O3S/c1-2-19-11-5-3-4-10(8-11)9-15-13(18)14-7-6-12(16)17/h3-5,8H,2,6-7,9H2,1H3,(H,16,17)(H2,14,15,18). The molecule has 1 aromatic rings. The van der Waals surface area contributed by atoms with E-state index >= 15 is 0 Å². The maximum Gasteiger partial charge on any atom is 0.315 e. The third-order valence-corrected chi connectivity index (χ3v) is 3.16. The Morgan fingerprint density at radius 1 is 1.32 bits per heavy atom. The van der Waals surface area contributed by atoms with Crippen LogP contribution in [0.15, 0.2) is 29.2 Å². The van der Waals surface area contributed by atoms with Gasteiger partial charge in [-0.1, -0.05) is 19.1 Å². The van der Waals surface area contributed by atoms with Crippen molar-refractivity contribution >= 4 is 23.8 Å². The molecule has 0 unspecified atom stereocenters. The van der Waals surface area contributed by atoms with Gasteiger partial charge in [0.2, 0.25) is 0 Å². The largest absolute Gasteiger partial charge is 0.481 e. The summed E-state index contributed by atoms with van der Waals surface area (Å²) in [5.41, 5.74) is 1.02. The monoisotopic (exact) mass is 282 g/mol. The lowest BCUT2D eigenvalue weighted by Crippen LogP contribution is -2.36. The molecule has 1 rings (SSSR count). The number of carbonyl (C=O) groups excluding carboxylic acids is 1. The van der Waals surface area contributed by atoms with Crippen LogP contribution in [0.2, 0.25) is 0 Å². The van der Waals surface area contributed by atoms with Crippen molar-refractivity contribution in [1.29, 1.82) is 0 Å². The molecule has 3 N–H and O–H groups in total. The molecule has 0 radical (unpaired) electrons. The maximum atomic E-state index is 11.4. The van der Waals surface area contributed by atoms with Crippen LogP contribution < -0.4 is 10.6 Å². The fourth-order valence-electron chi connectivity index (χ4n) is 1.44. The van der Waals surface area contributed by atoms with Gasteiger partial charge >= 0.3 is 12.0 Å². The number of thioether (sulfide) groups is 1. The number of carboxylic acids is 1. The Bertz CT molecular complexity index is 438. The van der Waals surface area contributed by atoms with Crippen molar-refractivity contribution in [2.45, 2.75) is 24.8 Å². The van der Waals surface area contributed by atoms with Gasteiger partial charge in [-0.25, -0.2) is 4.79 Å². The number of hydrogen-bond acceptors (Lipinski definition) is 3. The van der Waals surface area contributed by atoms with Gasteiger partial charge in [-0.05, 0) is 23.4 Å². The van der Waals surface area contributed by atoms with E-state index in [9.17, 15) is 9.59 Å². The van der Waals surface area contributed by atoms with Gasteiger partial charge in [-0.2, -0.15) is 0 Å². The summed E-state index contributed by atoms with van der Waals surface area (Å²) in [7, 11) is 0. The Hall–Kier alpha value is -1.69. The molecular weight excluding hydrogens is 264 g/mol. The molecule has 0 aliphatic carbocycles. The van der Waals surface area contributed by atoms with Crippen LogP contribution in [0.3, 0.4) is 0 Å². The lowest BCUT2D eigenvalue weighted by molar-refractivity contribution is -0.136. The van der Waals surface area contributed by atoms with Gasteiger partial charge in [-0.15, -0.1) is 11.8 Å². The number of aliphatic carboxylic acids is 1. The van der Waals surface area contributed by atoms with Crippen molar-refractivity contribution in [2.75, 3.05) is 12.3 Å². The van der Waals surface area contributed by atoms with Crippen molar-refractivity contribution in [2.24, 2.45) is 0 Å². The minimum atomic E-state index is -0.926. The second-order valence-electron chi connectivity index (χ2n) is 3.83. The molecule has 0 aromatic heterocycles. The summed E-state index contributed by atoms with van der Waals surface area (Å²) < 4.78 is 0. The van der Waals surface area contributed by atoms with Crippen LogP contribution in [0.25, 0.3) is 0 Å². The first-order chi connectivity index (χ1) is 9.11. The molecule has 0 aliphatic heterocycles. The third kappa shape index (κ3) is 6.71. The molecule has 5 nitrogen and oxygen atoms in total. The quantitative estimate of drug-likeness (QED) is 0.669. The van der Waals surface area contributed by atoms with E-state index in [0.717, 1.165) is 11.3 Å². The van der Waals surface area contributed by atoms with Crippen LogP contribution in [0, 0.1) is 0 Å². The van der Waals surface area contributed by atoms with Crippen LogP contribution >= 0.6 is 11.8 Å². The average Bonchev–Trinajstić information content (AvgIpc) is 2.37. The number of carbonyl (C=O) groups is 2. The van der Waals surface area contributed by atoms with E-state index in [-0.39, 0.29) is 19.0 Å². The number of amides is 2. The first kappa shape index (κ1) is 15.4. The third-order valence-electron chi connectivity index (χ3n) is 2.29. The Morgan fingerprint density at radius 2 is 2.11 bits per heavy atom. The average molecular weight is 282 g/mol. The number of benzene rings is 1. The molecule has 6 heteroatoms. The normalized spacial score (nSPS) is 9.95. The van der Waals surface area contributed by atoms with E-state index in [1.165, 1.54) is 4.90 Å². The Balaban J connectivity index is 2.33. The van der Waals surface area contributed by atoms with E-state index in [2.05, 4.69) is 17.6 Å². The molecule has 0 saturated heterocycles. The highest BCUT2D eigenvalue weighted by atomic mass is 32.2. The van der Waals surface area contributed by atoms with Crippen molar-refractivity contribution in [3.05, 3.63) is 29.8 Å². The molecule has 0 spiro atoms. The van der Waals surface area contributed by atoms with Gasteiger partial charge in [0.1, 0.15) is 0 Å². The van der Waals surface area contributed by atoms with E-state index in [1.807, 2.05) is 24.3 Å².